The molecule has 1 aromatic heterocycles. The van der Waals surface area contributed by atoms with Crippen LogP contribution in [0.4, 0.5) is 11.5 Å². The molecule has 2 heterocycles. The average Bonchev–Trinajstić information content (AvgIpc) is 2.72. The first-order valence-corrected chi connectivity index (χ1v) is 4.90. The molecule has 0 atom stereocenters. The Bertz CT molecular complexity index is 280. The molecule has 0 unspecified atom stereocenters. The Kier molecular flexibility index (Phi) is 2.84. The smallest absolute Gasteiger partial charge is 0.128 e. The summed E-state index contributed by atoms with van der Waals surface area (Å²) in [6, 6.07) is 4.00. The van der Waals surface area contributed by atoms with E-state index in [0.29, 0.717) is 0 Å². The van der Waals surface area contributed by atoms with E-state index in [2.05, 4.69) is 15.4 Å². The number of pyridine rings is 1. The summed E-state index contributed by atoms with van der Waals surface area (Å²) in [7, 11) is 1.59. The van der Waals surface area contributed by atoms with Crippen LogP contribution in [0.3, 0.4) is 0 Å². The molecule has 1 aliphatic heterocycles. The lowest BCUT2D eigenvalue weighted by atomic mass is 10.4. The third-order valence-electron chi connectivity index (χ3n) is 2.40. The maximum absolute atomic E-state index is 4.79. The van der Waals surface area contributed by atoms with Gasteiger partial charge >= 0.3 is 0 Å². The molecule has 14 heavy (non-hydrogen) atoms. The van der Waals surface area contributed by atoms with Crippen LogP contribution in [0.1, 0.15) is 12.8 Å². The van der Waals surface area contributed by atoms with Gasteiger partial charge in [-0.1, -0.05) is 0 Å². The molecule has 1 saturated heterocycles. The molecule has 0 bridgehead atoms. The molecule has 76 valence electrons. The fourth-order valence-corrected chi connectivity index (χ4v) is 1.70. The second-order valence-corrected chi connectivity index (χ2v) is 3.41. The van der Waals surface area contributed by atoms with Gasteiger partial charge in [0, 0.05) is 13.1 Å². The van der Waals surface area contributed by atoms with Crippen molar-refractivity contribution in [1.82, 2.24) is 4.98 Å². The summed E-state index contributed by atoms with van der Waals surface area (Å²) in [6.45, 7) is 2.26. The van der Waals surface area contributed by atoms with Gasteiger partial charge in [-0.05, 0) is 25.0 Å². The van der Waals surface area contributed by atoms with Gasteiger partial charge < -0.3 is 4.90 Å². The third-order valence-corrected chi connectivity index (χ3v) is 2.40. The van der Waals surface area contributed by atoms with Crippen LogP contribution in [0.2, 0.25) is 0 Å². The van der Waals surface area contributed by atoms with E-state index in [9.17, 15) is 0 Å². The fourth-order valence-electron chi connectivity index (χ4n) is 1.70. The molecule has 0 saturated carbocycles. The Morgan fingerprint density at radius 3 is 2.71 bits per heavy atom. The van der Waals surface area contributed by atoms with E-state index in [1.165, 1.54) is 12.8 Å². The van der Waals surface area contributed by atoms with Gasteiger partial charge in [0.25, 0.3) is 0 Å². The standard InChI is InChI=1S/C10H15N3O/c1-14-12-9-4-5-10(11-8-9)13-6-2-3-7-13/h4-5,8,12H,2-3,6-7H2,1H3. The van der Waals surface area contributed by atoms with Crippen molar-refractivity contribution in [3.8, 4) is 0 Å². The van der Waals surface area contributed by atoms with E-state index in [0.717, 1.165) is 24.6 Å². The number of nitrogens with one attached hydrogen (secondary N) is 1. The maximum Gasteiger partial charge on any atom is 0.128 e. The largest absolute Gasteiger partial charge is 0.357 e. The molecule has 0 amide bonds. The lowest BCUT2D eigenvalue weighted by Crippen LogP contribution is -2.18. The van der Waals surface area contributed by atoms with Crippen LogP contribution in [0, 0.1) is 0 Å². The van der Waals surface area contributed by atoms with Crippen LogP contribution < -0.4 is 10.4 Å². The highest BCUT2D eigenvalue weighted by Gasteiger charge is 2.12. The monoisotopic (exact) mass is 193 g/mol. The van der Waals surface area contributed by atoms with Gasteiger partial charge in [-0.15, -0.1) is 0 Å². The molecule has 1 fully saturated rings. The zero-order valence-corrected chi connectivity index (χ0v) is 8.36. The molecule has 1 aliphatic rings. The molecule has 1 aromatic rings. The van der Waals surface area contributed by atoms with Gasteiger partial charge in [0.15, 0.2) is 0 Å². The Morgan fingerprint density at radius 2 is 2.14 bits per heavy atom. The number of rotatable bonds is 3. The number of anilines is 2. The first-order valence-electron chi connectivity index (χ1n) is 4.90. The Hall–Kier alpha value is -1.29. The van der Waals surface area contributed by atoms with Crippen molar-refractivity contribution < 1.29 is 4.84 Å². The zero-order valence-electron chi connectivity index (χ0n) is 8.36. The van der Waals surface area contributed by atoms with Gasteiger partial charge in [0.2, 0.25) is 0 Å². The predicted octanol–water partition coefficient (Wildman–Crippen LogP) is 1.66. The maximum atomic E-state index is 4.79. The van der Waals surface area contributed by atoms with Crippen molar-refractivity contribution in [3.05, 3.63) is 18.3 Å². The summed E-state index contributed by atoms with van der Waals surface area (Å²) in [6.07, 6.45) is 4.34. The molecule has 0 radical (unpaired) electrons. The minimum Gasteiger partial charge on any atom is -0.357 e. The summed E-state index contributed by atoms with van der Waals surface area (Å²) in [5.41, 5.74) is 3.63. The van der Waals surface area contributed by atoms with Crippen molar-refractivity contribution in [2.24, 2.45) is 0 Å². The number of aromatic nitrogens is 1. The molecule has 2 rings (SSSR count). The van der Waals surface area contributed by atoms with Crippen LogP contribution in [0.5, 0.6) is 0 Å². The van der Waals surface area contributed by atoms with E-state index in [1.807, 2.05) is 12.1 Å². The van der Waals surface area contributed by atoms with Gasteiger partial charge in [-0.25, -0.2) is 4.98 Å². The second kappa shape index (κ2) is 4.28. The van der Waals surface area contributed by atoms with Gasteiger partial charge in [0.05, 0.1) is 19.0 Å². The van der Waals surface area contributed by atoms with Gasteiger partial charge in [-0.3, -0.25) is 10.3 Å². The van der Waals surface area contributed by atoms with Crippen LogP contribution >= 0.6 is 0 Å². The van der Waals surface area contributed by atoms with E-state index in [1.54, 1.807) is 13.3 Å². The lowest BCUT2D eigenvalue weighted by Gasteiger charge is -2.16. The highest BCUT2D eigenvalue weighted by Crippen LogP contribution is 2.18. The highest BCUT2D eigenvalue weighted by atomic mass is 16.6. The second-order valence-electron chi connectivity index (χ2n) is 3.41. The molecular formula is C10H15N3O. The summed E-state index contributed by atoms with van der Waals surface area (Å²) >= 11 is 0. The quantitative estimate of drug-likeness (QED) is 0.741. The minimum absolute atomic E-state index is 0.885. The molecule has 0 aliphatic carbocycles. The number of nitrogens with zero attached hydrogens (tertiary/aromatic N) is 2. The van der Waals surface area contributed by atoms with Crippen molar-refractivity contribution in [3.63, 3.8) is 0 Å². The molecule has 4 heteroatoms. The Morgan fingerprint density at radius 1 is 1.36 bits per heavy atom. The lowest BCUT2D eigenvalue weighted by molar-refractivity contribution is 0.271. The third kappa shape index (κ3) is 1.96. The molecule has 4 nitrogen and oxygen atoms in total. The zero-order chi connectivity index (χ0) is 9.80. The van der Waals surface area contributed by atoms with Crippen LogP contribution in [-0.4, -0.2) is 25.2 Å². The van der Waals surface area contributed by atoms with Crippen molar-refractivity contribution in [2.45, 2.75) is 12.8 Å². The minimum atomic E-state index is 0.885. The van der Waals surface area contributed by atoms with Gasteiger partial charge in [0.1, 0.15) is 5.82 Å². The summed E-state index contributed by atoms with van der Waals surface area (Å²) in [5, 5.41) is 0. The van der Waals surface area contributed by atoms with E-state index < -0.39 is 0 Å². The normalized spacial score (nSPS) is 15.9. The Labute approximate surface area is 83.8 Å². The highest BCUT2D eigenvalue weighted by molar-refractivity contribution is 5.47. The van der Waals surface area contributed by atoms with E-state index in [-0.39, 0.29) is 0 Å². The van der Waals surface area contributed by atoms with Gasteiger partial charge in [-0.2, -0.15) is 0 Å². The van der Waals surface area contributed by atoms with Crippen molar-refractivity contribution in [2.75, 3.05) is 30.6 Å². The number of hydrogen-bond donors (Lipinski definition) is 1. The molecule has 1 N–H and O–H groups in total. The van der Waals surface area contributed by atoms with Crippen molar-refractivity contribution >= 4 is 11.5 Å². The van der Waals surface area contributed by atoms with Crippen LogP contribution in [-0.2, 0) is 4.84 Å². The van der Waals surface area contributed by atoms with Crippen LogP contribution in [0.15, 0.2) is 18.3 Å². The van der Waals surface area contributed by atoms with E-state index >= 15 is 0 Å². The molecule has 0 aromatic carbocycles. The summed E-state index contributed by atoms with van der Waals surface area (Å²) in [4.78, 5) is 11.5. The average molecular weight is 193 g/mol. The molecule has 0 spiro atoms. The first kappa shape index (κ1) is 9.27. The van der Waals surface area contributed by atoms with Crippen molar-refractivity contribution in [1.29, 1.82) is 0 Å². The SMILES string of the molecule is CONc1ccc(N2CCCC2)nc1. The molecular weight excluding hydrogens is 178 g/mol. The number of hydrogen-bond acceptors (Lipinski definition) is 4. The predicted molar refractivity (Wildman–Crippen MR) is 56.3 cm³/mol. The first-order chi connectivity index (χ1) is 6.90. The summed E-state index contributed by atoms with van der Waals surface area (Å²) in [5.74, 6) is 1.06. The Balaban J connectivity index is 2.05. The topological polar surface area (TPSA) is 37.4 Å². The fraction of sp³-hybridized carbons (Fsp3) is 0.500. The van der Waals surface area contributed by atoms with Crippen LogP contribution in [0.25, 0.3) is 0 Å². The van der Waals surface area contributed by atoms with E-state index in [4.69, 9.17) is 4.84 Å². The summed E-state index contributed by atoms with van der Waals surface area (Å²) < 4.78 is 0.